The van der Waals surface area contributed by atoms with E-state index in [1.807, 2.05) is 0 Å². The quantitative estimate of drug-likeness (QED) is 0.841. The summed E-state index contributed by atoms with van der Waals surface area (Å²) in [5.41, 5.74) is 0.562. The van der Waals surface area contributed by atoms with Gasteiger partial charge >= 0.3 is 5.97 Å². The zero-order valence-corrected chi connectivity index (χ0v) is 9.39. The lowest BCUT2D eigenvalue weighted by atomic mass is 10.0. The molecule has 3 nitrogen and oxygen atoms in total. The Hall–Kier alpha value is -1.13. The third-order valence-corrected chi connectivity index (χ3v) is 2.68. The van der Waals surface area contributed by atoms with Crippen LogP contribution in [0.4, 0.5) is 4.39 Å². The Morgan fingerprint density at radius 1 is 1.50 bits per heavy atom. The van der Waals surface area contributed by atoms with Gasteiger partial charge in [-0.2, -0.15) is 0 Å². The molecule has 0 spiro atoms. The predicted molar refractivity (Wildman–Crippen MR) is 60.6 cm³/mol. The highest BCUT2D eigenvalue weighted by molar-refractivity contribution is 5.87. The van der Waals surface area contributed by atoms with Crippen molar-refractivity contribution in [3.8, 4) is 0 Å². The van der Waals surface area contributed by atoms with Crippen LogP contribution in [0, 0.1) is 5.82 Å². The van der Waals surface area contributed by atoms with Crippen LogP contribution in [0.3, 0.4) is 0 Å². The summed E-state index contributed by atoms with van der Waals surface area (Å²) in [4.78, 5) is 10.6. The molecule has 2 rings (SSSR count). The maximum absolute atomic E-state index is 13.6. The Morgan fingerprint density at radius 2 is 2.25 bits per heavy atom. The molecule has 1 heterocycles. The fourth-order valence-electron chi connectivity index (χ4n) is 1.89. The van der Waals surface area contributed by atoms with Gasteiger partial charge < -0.3 is 10.4 Å². The van der Waals surface area contributed by atoms with Crippen LogP contribution in [0.15, 0.2) is 18.2 Å². The van der Waals surface area contributed by atoms with Crippen LogP contribution in [0.2, 0.25) is 0 Å². The zero-order valence-electron chi connectivity index (χ0n) is 8.57. The van der Waals surface area contributed by atoms with Crippen LogP contribution in [0.25, 0.3) is 0 Å². The molecule has 5 heteroatoms. The first-order chi connectivity index (χ1) is 7.18. The fraction of sp³-hybridized carbons (Fsp3) is 0.364. The lowest BCUT2D eigenvalue weighted by molar-refractivity contribution is 0.0696. The first-order valence-electron chi connectivity index (χ1n) is 4.94. The number of nitrogens with one attached hydrogen (secondary N) is 1. The van der Waals surface area contributed by atoms with Crippen molar-refractivity contribution >= 4 is 18.4 Å². The molecule has 0 unspecified atom stereocenters. The summed E-state index contributed by atoms with van der Waals surface area (Å²) in [5, 5.41) is 11.9. The topological polar surface area (TPSA) is 49.3 Å². The standard InChI is InChI=1S/C11H12FNO2.ClH/c12-9-6-7(11(14)15)3-4-8(9)10-2-1-5-13-10;/h3-4,6,10,13H,1-2,5H2,(H,14,15);1H/t10-;/m1./s1. The number of carbonyl (C=O) groups is 1. The van der Waals surface area contributed by atoms with E-state index in [0.717, 1.165) is 25.5 Å². The second kappa shape index (κ2) is 5.27. The van der Waals surface area contributed by atoms with E-state index in [9.17, 15) is 9.18 Å². The monoisotopic (exact) mass is 245 g/mol. The van der Waals surface area contributed by atoms with Crippen molar-refractivity contribution in [3.05, 3.63) is 35.1 Å². The fourth-order valence-corrected chi connectivity index (χ4v) is 1.89. The van der Waals surface area contributed by atoms with Crippen molar-refractivity contribution in [2.45, 2.75) is 18.9 Å². The normalized spacial score (nSPS) is 19.2. The highest BCUT2D eigenvalue weighted by atomic mass is 35.5. The molecule has 2 N–H and O–H groups in total. The predicted octanol–water partition coefficient (Wildman–Crippen LogP) is 2.37. The van der Waals surface area contributed by atoms with Gasteiger partial charge in [-0.15, -0.1) is 12.4 Å². The van der Waals surface area contributed by atoms with Crippen LogP contribution in [0.1, 0.15) is 34.8 Å². The van der Waals surface area contributed by atoms with Gasteiger partial charge in [0.1, 0.15) is 5.82 Å². The molecule has 1 aliphatic heterocycles. The van der Waals surface area contributed by atoms with Gasteiger partial charge in [0.2, 0.25) is 0 Å². The molecule has 16 heavy (non-hydrogen) atoms. The lowest BCUT2D eigenvalue weighted by Gasteiger charge is -2.11. The van der Waals surface area contributed by atoms with Crippen molar-refractivity contribution in [2.75, 3.05) is 6.54 Å². The van der Waals surface area contributed by atoms with Crippen molar-refractivity contribution in [2.24, 2.45) is 0 Å². The van der Waals surface area contributed by atoms with Gasteiger partial charge in [0, 0.05) is 11.6 Å². The van der Waals surface area contributed by atoms with Crippen molar-refractivity contribution in [1.82, 2.24) is 5.32 Å². The largest absolute Gasteiger partial charge is 0.478 e. The number of hydrogen-bond acceptors (Lipinski definition) is 2. The first kappa shape index (κ1) is 12.9. The van der Waals surface area contributed by atoms with E-state index < -0.39 is 11.8 Å². The summed E-state index contributed by atoms with van der Waals surface area (Å²) < 4.78 is 13.6. The minimum absolute atomic E-state index is 0. The molecule has 1 aromatic carbocycles. The maximum Gasteiger partial charge on any atom is 0.335 e. The molecule has 88 valence electrons. The van der Waals surface area contributed by atoms with Gasteiger partial charge in [0.05, 0.1) is 5.56 Å². The highest BCUT2D eigenvalue weighted by Crippen LogP contribution is 2.25. The summed E-state index contributed by atoms with van der Waals surface area (Å²) in [6.45, 7) is 0.894. The van der Waals surface area contributed by atoms with Gasteiger partial charge in [0.15, 0.2) is 0 Å². The van der Waals surface area contributed by atoms with Crippen LogP contribution >= 0.6 is 12.4 Å². The van der Waals surface area contributed by atoms with E-state index in [4.69, 9.17) is 5.11 Å². The van der Waals surface area contributed by atoms with E-state index in [-0.39, 0.29) is 24.0 Å². The molecule has 0 saturated carbocycles. The van der Waals surface area contributed by atoms with Gasteiger partial charge in [-0.25, -0.2) is 9.18 Å². The third-order valence-electron chi connectivity index (χ3n) is 2.68. The van der Waals surface area contributed by atoms with Gasteiger partial charge in [0.25, 0.3) is 0 Å². The summed E-state index contributed by atoms with van der Waals surface area (Å²) in [7, 11) is 0. The van der Waals surface area contributed by atoms with E-state index in [1.54, 1.807) is 6.07 Å². The summed E-state index contributed by atoms with van der Waals surface area (Å²) in [5.74, 6) is -1.53. The molecular weight excluding hydrogens is 233 g/mol. The summed E-state index contributed by atoms with van der Waals surface area (Å²) in [6.07, 6.45) is 1.94. The molecule has 1 saturated heterocycles. The van der Waals surface area contributed by atoms with E-state index in [2.05, 4.69) is 5.32 Å². The molecule has 1 atom stereocenters. The number of rotatable bonds is 2. The minimum atomic E-state index is -1.10. The summed E-state index contributed by atoms with van der Waals surface area (Å²) in [6, 6.07) is 4.12. The Morgan fingerprint density at radius 3 is 2.75 bits per heavy atom. The molecule has 0 amide bonds. The molecule has 0 aliphatic carbocycles. The average molecular weight is 246 g/mol. The third kappa shape index (κ3) is 2.51. The highest BCUT2D eigenvalue weighted by Gasteiger charge is 2.20. The number of carboxylic acid groups (broad SMARTS) is 1. The summed E-state index contributed by atoms with van der Waals surface area (Å²) >= 11 is 0. The van der Waals surface area contributed by atoms with Crippen LogP contribution < -0.4 is 5.32 Å². The first-order valence-corrected chi connectivity index (χ1v) is 4.94. The molecular formula is C11H13ClFNO2. The van der Waals surface area contributed by atoms with Crippen LogP contribution in [0.5, 0.6) is 0 Å². The van der Waals surface area contributed by atoms with Crippen LogP contribution in [-0.4, -0.2) is 17.6 Å². The number of aromatic carboxylic acids is 1. The molecule has 1 fully saturated rings. The van der Waals surface area contributed by atoms with E-state index in [1.165, 1.54) is 6.07 Å². The molecule has 0 aromatic heterocycles. The van der Waals surface area contributed by atoms with Crippen molar-refractivity contribution in [1.29, 1.82) is 0 Å². The number of benzene rings is 1. The Labute approximate surface area is 99.1 Å². The van der Waals surface area contributed by atoms with Gasteiger partial charge in [-0.1, -0.05) is 6.07 Å². The lowest BCUT2D eigenvalue weighted by Crippen LogP contribution is -2.14. The molecule has 1 aromatic rings. The van der Waals surface area contributed by atoms with Crippen molar-refractivity contribution in [3.63, 3.8) is 0 Å². The van der Waals surface area contributed by atoms with Crippen LogP contribution in [-0.2, 0) is 0 Å². The van der Waals surface area contributed by atoms with Gasteiger partial charge in [-0.3, -0.25) is 0 Å². The number of halogens is 2. The second-order valence-corrected chi connectivity index (χ2v) is 3.69. The molecule has 1 aliphatic rings. The Kier molecular flexibility index (Phi) is 4.26. The smallest absolute Gasteiger partial charge is 0.335 e. The number of hydrogen-bond donors (Lipinski definition) is 2. The van der Waals surface area contributed by atoms with E-state index >= 15 is 0 Å². The Bertz CT molecular complexity index is 392. The Balaban J connectivity index is 0.00000128. The second-order valence-electron chi connectivity index (χ2n) is 3.69. The minimum Gasteiger partial charge on any atom is -0.478 e. The van der Waals surface area contributed by atoms with E-state index in [0.29, 0.717) is 5.56 Å². The van der Waals surface area contributed by atoms with Crippen molar-refractivity contribution < 1.29 is 14.3 Å². The zero-order chi connectivity index (χ0) is 10.8. The molecule has 0 radical (unpaired) electrons. The maximum atomic E-state index is 13.6. The average Bonchev–Trinajstić information content (AvgIpc) is 2.70. The number of carboxylic acids is 1. The van der Waals surface area contributed by atoms with Gasteiger partial charge in [-0.05, 0) is 31.5 Å². The molecule has 0 bridgehead atoms. The SMILES string of the molecule is Cl.O=C(O)c1ccc([C@H]2CCCN2)c(F)c1.